The van der Waals surface area contributed by atoms with Gasteiger partial charge >= 0.3 is 0 Å². The summed E-state index contributed by atoms with van der Waals surface area (Å²) in [5, 5.41) is 3.16. The zero-order chi connectivity index (χ0) is 27.2. The molecule has 0 radical (unpaired) electrons. The number of halogens is 1. The van der Waals surface area contributed by atoms with Crippen LogP contribution in [0.15, 0.2) is 116 Å². The van der Waals surface area contributed by atoms with Gasteiger partial charge in [0.1, 0.15) is 5.82 Å². The minimum absolute atomic E-state index is 0.0525. The monoisotopic (exact) mass is 590 g/mol. The molecule has 194 valence electrons. The van der Waals surface area contributed by atoms with E-state index in [4.69, 9.17) is 5.73 Å². The second-order valence-corrected chi connectivity index (χ2v) is 13.3. The number of allylic oxidation sites excluding steroid dienone is 3. The van der Waals surface area contributed by atoms with Gasteiger partial charge in [0, 0.05) is 33.6 Å². The van der Waals surface area contributed by atoms with Crippen LogP contribution in [0.4, 0.5) is 0 Å². The molecule has 3 N–H and O–H groups in total. The Bertz CT molecular complexity index is 1600. The number of hydrogen-bond acceptors (Lipinski definition) is 6. The summed E-state index contributed by atoms with van der Waals surface area (Å²) in [4.78, 5) is 27.6. The van der Waals surface area contributed by atoms with Gasteiger partial charge in [0.05, 0.1) is 15.4 Å². The number of Topliss-reactive ketones (excluding diaryl/α,β-unsaturated/α-hetero) is 2. The first-order chi connectivity index (χ1) is 18.0. The average Bonchev–Trinajstić information content (AvgIpc) is 2.88. The number of dihydropyridines is 1. The molecule has 0 saturated heterocycles. The highest BCUT2D eigenvalue weighted by atomic mass is 79.9. The number of nitrogens with two attached hydrogens (primary N) is 1. The molecule has 38 heavy (non-hydrogen) atoms. The first kappa shape index (κ1) is 26.1. The number of carbonyl (C=O) groups excluding carboxylic acids is 2. The van der Waals surface area contributed by atoms with Crippen LogP contribution < -0.4 is 11.1 Å². The number of hydrogen-bond donors (Lipinski definition) is 2. The molecule has 0 spiro atoms. The SMILES string of the molecule is CC1(C)CC(=O)C2=C(C1)NC(N)=C(C(=O)c1ccc(Br)cc1)C2c1ccc(S(=O)(=O)c2ccccc2)cc1. The lowest BCUT2D eigenvalue weighted by atomic mass is 9.68. The molecule has 0 amide bonds. The highest BCUT2D eigenvalue weighted by Gasteiger charge is 2.43. The average molecular weight is 592 g/mol. The zero-order valence-corrected chi connectivity index (χ0v) is 23.4. The van der Waals surface area contributed by atoms with Crippen LogP contribution in [0.5, 0.6) is 0 Å². The normalized spacial score (nSPS) is 19.1. The maximum absolute atomic E-state index is 13.8. The van der Waals surface area contributed by atoms with Crippen molar-refractivity contribution in [1.82, 2.24) is 5.32 Å². The zero-order valence-electron chi connectivity index (χ0n) is 21.0. The quantitative estimate of drug-likeness (QED) is 0.371. The molecular weight excluding hydrogens is 564 g/mol. The molecule has 1 aliphatic heterocycles. The molecule has 3 aromatic carbocycles. The van der Waals surface area contributed by atoms with E-state index in [-0.39, 0.29) is 38.2 Å². The number of carbonyl (C=O) groups is 2. The summed E-state index contributed by atoms with van der Waals surface area (Å²) in [6, 6.07) is 21.6. The lowest BCUT2D eigenvalue weighted by Crippen LogP contribution is -2.41. The van der Waals surface area contributed by atoms with E-state index in [1.165, 1.54) is 12.1 Å². The first-order valence-electron chi connectivity index (χ1n) is 12.2. The van der Waals surface area contributed by atoms with E-state index >= 15 is 0 Å². The summed E-state index contributed by atoms with van der Waals surface area (Å²) < 4.78 is 27.1. The van der Waals surface area contributed by atoms with Crippen LogP contribution in [0.25, 0.3) is 0 Å². The van der Waals surface area contributed by atoms with Crippen LogP contribution in [0.2, 0.25) is 0 Å². The second kappa shape index (κ2) is 9.67. The largest absolute Gasteiger partial charge is 0.385 e. The van der Waals surface area contributed by atoms with E-state index in [0.29, 0.717) is 35.2 Å². The van der Waals surface area contributed by atoms with Crippen molar-refractivity contribution in [2.45, 2.75) is 42.4 Å². The molecule has 0 bridgehead atoms. The molecule has 1 heterocycles. The molecule has 1 aliphatic carbocycles. The summed E-state index contributed by atoms with van der Waals surface area (Å²) in [6.07, 6.45) is 0.940. The third-order valence-electron chi connectivity index (χ3n) is 7.00. The van der Waals surface area contributed by atoms with Gasteiger partial charge in [-0.15, -0.1) is 0 Å². The Balaban J connectivity index is 1.63. The second-order valence-electron chi connectivity index (χ2n) is 10.4. The van der Waals surface area contributed by atoms with Gasteiger partial charge in [-0.25, -0.2) is 8.42 Å². The first-order valence-corrected chi connectivity index (χ1v) is 14.5. The summed E-state index contributed by atoms with van der Waals surface area (Å²) >= 11 is 3.39. The summed E-state index contributed by atoms with van der Waals surface area (Å²) in [5.74, 6) is -0.867. The Morgan fingerprint density at radius 3 is 2.16 bits per heavy atom. The van der Waals surface area contributed by atoms with Gasteiger partial charge in [0.25, 0.3) is 0 Å². The molecule has 0 aromatic heterocycles. The van der Waals surface area contributed by atoms with Crippen LogP contribution in [-0.4, -0.2) is 20.0 Å². The van der Waals surface area contributed by atoms with Gasteiger partial charge in [-0.2, -0.15) is 0 Å². The molecule has 8 heteroatoms. The smallest absolute Gasteiger partial charge is 0.206 e. The highest BCUT2D eigenvalue weighted by molar-refractivity contribution is 9.10. The van der Waals surface area contributed by atoms with Gasteiger partial charge in [-0.3, -0.25) is 9.59 Å². The standard InChI is InChI=1S/C30H27BrN2O4S/c1-30(2)16-23-26(24(34)17-30)25(27(29(32)33-23)28(35)19-8-12-20(31)13-9-19)18-10-14-22(15-11-18)38(36,37)21-6-4-3-5-7-21/h3-15,25,33H,16-17,32H2,1-2H3. The minimum atomic E-state index is -3.72. The van der Waals surface area contributed by atoms with Crippen LogP contribution in [-0.2, 0) is 14.6 Å². The van der Waals surface area contributed by atoms with Crippen molar-refractivity contribution in [1.29, 1.82) is 0 Å². The van der Waals surface area contributed by atoms with Crippen molar-refractivity contribution in [3.8, 4) is 0 Å². The molecule has 5 rings (SSSR count). The predicted octanol–water partition coefficient (Wildman–Crippen LogP) is 5.67. The molecule has 1 atom stereocenters. The maximum atomic E-state index is 13.8. The van der Waals surface area contributed by atoms with E-state index < -0.39 is 15.8 Å². The van der Waals surface area contributed by atoms with Crippen LogP contribution in [0, 0.1) is 5.41 Å². The van der Waals surface area contributed by atoms with Crippen LogP contribution in [0.1, 0.15) is 48.5 Å². The molecule has 1 unspecified atom stereocenters. The summed E-state index contributed by atoms with van der Waals surface area (Å²) in [6.45, 7) is 4.05. The van der Waals surface area contributed by atoms with E-state index in [0.717, 1.165) is 4.47 Å². The lowest BCUT2D eigenvalue weighted by molar-refractivity contribution is -0.118. The van der Waals surface area contributed by atoms with Gasteiger partial charge in [0.2, 0.25) is 9.84 Å². The third-order valence-corrected chi connectivity index (χ3v) is 9.32. The lowest BCUT2D eigenvalue weighted by Gasteiger charge is -2.39. The highest BCUT2D eigenvalue weighted by Crippen LogP contribution is 2.46. The fourth-order valence-electron chi connectivity index (χ4n) is 5.23. The molecule has 3 aromatic rings. The van der Waals surface area contributed by atoms with E-state index in [1.807, 2.05) is 13.8 Å². The number of nitrogens with one attached hydrogen (secondary N) is 1. The Labute approximate surface area is 230 Å². The van der Waals surface area contributed by atoms with Crippen molar-refractivity contribution in [3.05, 3.63) is 117 Å². The Hall–Kier alpha value is -3.49. The Morgan fingerprint density at radius 2 is 1.53 bits per heavy atom. The van der Waals surface area contributed by atoms with Gasteiger partial charge in [-0.1, -0.05) is 60.1 Å². The fraction of sp³-hybridized carbons (Fsp3) is 0.200. The number of benzene rings is 3. The van der Waals surface area contributed by atoms with Gasteiger partial charge < -0.3 is 11.1 Å². The van der Waals surface area contributed by atoms with Crippen LogP contribution in [0.3, 0.4) is 0 Å². The van der Waals surface area contributed by atoms with Crippen LogP contribution >= 0.6 is 15.9 Å². The number of rotatable bonds is 5. The maximum Gasteiger partial charge on any atom is 0.206 e. The molecule has 0 fully saturated rings. The van der Waals surface area contributed by atoms with E-state index in [9.17, 15) is 18.0 Å². The summed E-state index contributed by atoms with van der Waals surface area (Å²) in [7, 11) is -3.72. The predicted molar refractivity (Wildman–Crippen MR) is 149 cm³/mol. The van der Waals surface area contributed by atoms with Crippen molar-refractivity contribution in [3.63, 3.8) is 0 Å². The van der Waals surface area contributed by atoms with Crippen molar-refractivity contribution in [2.75, 3.05) is 0 Å². The number of sulfone groups is 1. The third kappa shape index (κ3) is 4.74. The van der Waals surface area contributed by atoms with Gasteiger partial charge in [0.15, 0.2) is 11.6 Å². The molecular formula is C30H27BrN2O4S. The minimum Gasteiger partial charge on any atom is -0.385 e. The van der Waals surface area contributed by atoms with Gasteiger partial charge in [-0.05, 0) is 65.9 Å². The van der Waals surface area contributed by atoms with Crippen molar-refractivity contribution in [2.24, 2.45) is 11.1 Å². The van der Waals surface area contributed by atoms with Crippen molar-refractivity contribution < 1.29 is 18.0 Å². The summed E-state index contributed by atoms with van der Waals surface area (Å²) in [5.41, 5.74) is 8.80. The van der Waals surface area contributed by atoms with E-state index in [1.54, 1.807) is 66.7 Å². The Morgan fingerprint density at radius 1 is 0.921 bits per heavy atom. The molecule has 0 saturated carbocycles. The topological polar surface area (TPSA) is 106 Å². The molecule has 2 aliphatic rings. The molecule has 6 nitrogen and oxygen atoms in total. The Kier molecular flexibility index (Phi) is 6.65. The fourth-order valence-corrected chi connectivity index (χ4v) is 6.78. The van der Waals surface area contributed by atoms with Crippen molar-refractivity contribution >= 4 is 37.3 Å². The number of ketones is 2. The van der Waals surface area contributed by atoms with E-state index in [2.05, 4.69) is 21.2 Å².